The number of thioether (sulfide) groups is 1. The molecule has 1 aliphatic heterocycles. The molecule has 7 nitrogen and oxygen atoms in total. The van der Waals surface area contributed by atoms with Gasteiger partial charge in [-0.3, -0.25) is 4.79 Å². The zero-order valence-electron chi connectivity index (χ0n) is 21.1. The number of nitrogens with zero attached hydrogens (tertiary/aromatic N) is 3. The zero-order chi connectivity index (χ0) is 25.7. The monoisotopic (exact) mass is 569 g/mol. The Morgan fingerprint density at radius 2 is 2.03 bits per heavy atom. The Morgan fingerprint density at radius 3 is 2.78 bits per heavy atom. The normalized spacial score (nSPS) is 14.9. The number of unbranched alkanes of at least 4 members (excludes halogenated alkanes) is 1. The number of aromatic nitrogens is 3. The highest BCUT2D eigenvalue weighted by molar-refractivity contribution is 9.10. The van der Waals surface area contributed by atoms with Crippen molar-refractivity contribution >= 4 is 45.2 Å². The minimum absolute atomic E-state index is 0.196. The van der Waals surface area contributed by atoms with E-state index in [0.717, 1.165) is 57.7 Å². The number of benzene rings is 2. The van der Waals surface area contributed by atoms with Gasteiger partial charge in [0.05, 0.1) is 12.2 Å². The summed E-state index contributed by atoms with van der Waals surface area (Å²) in [5.74, 6) is 2.09. The van der Waals surface area contributed by atoms with Crippen LogP contribution in [0.2, 0.25) is 0 Å². The molecule has 190 valence electrons. The van der Waals surface area contributed by atoms with E-state index < -0.39 is 6.04 Å². The molecule has 1 aromatic heterocycles. The second-order valence-corrected chi connectivity index (χ2v) is 10.8. The van der Waals surface area contributed by atoms with Crippen LogP contribution in [0.5, 0.6) is 5.75 Å². The van der Waals surface area contributed by atoms with Gasteiger partial charge in [0.15, 0.2) is 0 Å². The summed E-state index contributed by atoms with van der Waals surface area (Å²) in [5, 5.41) is 11.9. The highest BCUT2D eigenvalue weighted by atomic mass is 79.9. The number of nitrogens with one attached hydrogen (secondary N) is 2. The number of anilines is 2. The molecule has 0 spiro atoms. The highest BCUT2D eigenvalue weighted by Gasteiger charge is 2.36. The zero-order valence-corrected chi connectivity index (χ0v) is 23.5. The highest BCUT2D eigenvalue weighted by Crippen LogP contribution is 2.41. The fourth-order valence-electron chi connectivity index (χ4n) is 4.08. The first-order valence-electron chi connectivity index (χ1n) is 12.3. The maximum absolute atomic E-state index is 13.8. The molecular formula is C27H32BrN5O2S. The summed E-state index contributed by atoms with van der Waals surface area (Å²) in [5.41, 5.74) is 3.97. The number of rotatable bonds is 10. The van der Waals surface area contributed by atoms with Crippen molar-refractivity contribution in [3.05, 3.63) is 69.3 Å². The van der Waals surface area contributed by atoms with Gasteiger partial charge in [0.1, 0.15) is 11.8 Å². The van der Waals surface area contributed by atoms with E-state index in [-0.39, 0.29) is 5.91 Å². The van der Waals surface area contributed by atoms with Crippen molar-refractivity contribution in [2.24, 2.45) is 0 Å². The summed E-state index contributed by atoms with van der Waals surface area (Å²) in [7, 11) is 0. The lowest BCUT2D eigenvalue weighted by atomic mass is 9.94. The van der Waals surface area contributed by atoms with E-state index in [1.54, 1.807) is 11.8 Å². The standard InChI is InChI=1S/C27H32BrN5O2S/c1-5-7-14-36-27-31-26-29-18(4)23(25(34)30-20-10-8-9-17(3)15-20)24(33(26)32-27)21-16-19(28)11-12-22(21)35-13-6-2/h8-12,15-16,24H,5-7,13-14H2,1-4H3,(H,30,34)(H,29,31,32). The summed E-state index contributed by atoms with van der Waals surface area (Å²) in [6.45, 7) is 8.73. The average Bonchev–Trinajstić information content (AvgIpc) is 3.24. The van der Waals surface area contributed by atoms with Crippen molar-refractivity contribution in [3.63, 3.8) is 0 Å². The molecule has 1 aliphatic rings. The molecule has 3 aromatic rings. The molecule has 0 fully saturated rings. The van der Waals surface area contributed by atoms with Gasteiger partial charge in [0.25, 0.3) is 5.91 Å². The minimum atomic E-state index is -0.511. The lowest BCUT2D eigenvalue weighted by Gasteiger charge is -2.30. The third-order valence-electron chi connectivity index (χ3n) is 5.81. The smallest absolute Gasteiger partial charge is 0.255 e. The first kappa shape index (κ1) is 26.3. The number of fused-ring (bicyclic) bond motifs is 1. The summed E-state index contributed by atoms with van der Waals surface area (Å²) >= 11 is 5.24. The molecule has 0 saturated carbocycles. The van der Waals surface area contributed by atoms with Gasteiger partial charge < -0.3 is 15.4 Å². The van der Waals surface area contributed by atoms with Gasteiger partial charge >= 0.3 is 0 Å². The van der Waals surface area contributed by atoms with Gasteiger partial charge in [-0.05, 0) is 62.6 Å². The molecule has 4 rings (SSSR count). The van der Waals surface area contributed by atoms with Gasteiger partial charge in [-0.2, -0.15) is 4.98 Å². The van der Waals surface area contributed by atoms with Crippen LogP contribution < -0.4 is 15.4 Å². The third kappa shape index (κ3) is 5.95. The topological polar surface area (TPSA) is 81.1 Å². The fourth-order valence-corrected chi connectivity index (χ4v) is 5.37. The first-order valence-corrected chi connectivity index (χ1v) is 14.1. The number of amides is 1. The molecule has 1 amide bonds. The predicted octanol–water partition coefficient (Wildman–Crippen LogP) is 6.96. The molecule has 0 aliphatic carbocycles. The van der Waals surface area contributed by atoms with Crippen molar-refractivity contribution in [3.8, 4) is 5.75 Å². The number of carbonyl (C=O) groups is 1. The summed E-state index contributed by atoms with van der Waals surface area (Å²) < 4.78 is 8.84. The number of hydrogen-bond acceptors (Lipinski definition) is 6. The molecule has 1 unspecified atom stereocenters. The lowest BCUT2D eigenvalue weighted by molar-refractivity contribution is -0.113. The van der Waals surface area contributed by atoms with E-state index >= 15 is 0 Å². The van der Waals surface area contributed by atoms with Crippen LogP contribution in [-0.2, 0) is 4.79 Å². The second-order valence-electron chi connectivity index (χ2n) is 8.78. The van der Waals surface area contributed by atoms with Crippen LogP contribution >= 0.6 is 27.7 Å². The van der Waals surface area contributed by atoms with Crippen LogP contribution in [0.15, 0.2) is 63.4 Å². The Bertz CT molecular complexity index is 1270. The molecule has 0 saturated heterocycles. The average molecular weight is 571 g/mol. The largest absolute Gasteiger partial charge is 0.493 e. The van der Waals surface area contributed by atoms with Crippen molar-refractivity contribution in [2.45, 2.75) is 58.2 Å². The minimum Gasteiger partial charge on any atom is -0.493 e. The molecule has 2 N–H and O–H groups in total. The molecule has 36 heavy (non-hydrogen) atoms. The van der Waals surface area contributed by atoms with Crippen LogP contribution in [0.4, 0.5) is 11.6 Å². The number of aryl methyl sites for hydroxylation is 1. The molecule has 1 atom stereocenters. The number of halogens is 1. The third-order valence-corrected chi connectivity index (χ3v) is 7.23. The maximum atomic E-state index is 13.8. The number of carbonyl (C=O) groups excluding carboxylic acids is 1. The van der Waals surface area contributed by atoms with E-state index in [0.29, 0.717) is 23.3 Å². The Hall–Kier alpha value is -2.78. The van der Waals surface area contributed by atoms with Gasteiger partial charge in [-0.25, -0.2) is 4.68 Å². The van der Waals surface area contributed by atoms with Crippen LogP contribution in [0, 0.1) is 6.92 Å². The number of ether oxygens (including phenoxy) is 1. The lowest BCUT2D eigenvalue weighted by Crippen LogP contribution is -2.31. The van der Waals surface area contributed by atoms with Gasteiger partial charge in [0, 0.05) is 27.2 Å². The maximum Gasteiger partial charge on any atom is 0.255 e. The van der Waals surface area contributed by atoms with Crippen molar-refractivity contribution < 1.29 is 9.53 Å². The van der Waals surface area contributed by atoms with E-state index in [4.69, 9.17) is 14.8 Å². The van der Waals surface area contributed by atoms with Gasteiger partial charge in [0.2, 0.25) is 11.1 Å². The molecule has 2 heterocycles. The number of allylic oxidation sites excluding steroid dienone is 1. The summed E-state index contributed by atoms with van der Waals surface area (Å²) in [4.78, 5) is 18.5. The fraction of sp³-hybridized carbons (Fsp3) is 0.370. The second kappa shape index (κ2) is 12.0. The summed E-state index contributed by atoms with van der Waals surface area (Å²) in [6.07, 6.45) is 3.08. The Balaban J connectivity index is 1.80. The molecule has 0 radical (unpaired) electrons. The van der Waals surface area contributed by atoms with Crippen LogP contribution in [0.25, 0.3) is 0 Å². The Morgan fingerprint density at radius 1 is 1.19 bits per heavy atom. The Labute approximate surface area is 225 Å². The van der Waals surface area contributed by atoms with Crippen molar-refractivity contribution in [1.29, 1.82) is 0 Å². The van der Waals surface area contributed by atoms with E-state index in [9.17, 15) is 4.79 Å². The summed E-state index contributed by atoms with van der Waals surface area (Å²) in [6, 6.07) is 13.2. The van der Waals surface area contributed by atoms with Gasteiger partial charge in [-0.1, -0.05) is 60.1 Å². The molecular weight excluding hydrogens is 538 g/mol. The predicted molar refractivity (Wildman–Crippen MR) is 150 cm³/mol. The molecule has 9 heteroatoms. The van der Waals surface area contributed by atoms with E-state index in [1.165, 1.54) is 0 Å². The van der Waals surface area contributed by atoms with Crippen molar-refractivity contribution in [2.75, 3.05) is 23.0 Å². The molecule has 2 aromatic carbocycles. The van der Waals surface area contributed by atoms with Crippen LogP contribution in [-0.4, -0.2) is 33.0 Å². The van der Waals surface area contributed by atoms with E-state index in [1.807, 2.05) is 61.0 Å². The SMILES string of the molecule is CCCCSc1nc2n(n1)C(c1cc(Br)ccc1OCCC)C(C(=O)Nc1cccc(C)c1)=C(C)N2. The van der Waals surface area contributed by atoms with Crippen LogP contribution in [0.1, 0.15) is 57.2 Å². The molecule has 0 bridgehead atoms. The number of hydrogen-bond donors (Lipinski definition) is 2. The van der Waals surface area contributed by atoms with E-state index in [2.05, 4.69) is 40.4 Å². The van der Waals surface area contributed by atoms with Crippen molar-refractivity contribution in [1.82, 2.24) is 14.8 Å². The van der Waals surface area contributed by atoms with Gasteiger partial charge in [-0.15, -0.1) is 5.10 Å². The quantitative estimate of drug-likeness (QED) is 0.203. The van der Waals surface area contributed by atoms with Crippen LogP contribution in [0.3, 0.4) is 0 Å². The first-order chi connectivity index (χ1) is 17.4. The Kier molecular flexibility index (Phi) is 8.74.